The molecule has 0 N–H and O–H groups in total. The molecule has 0 saturated carbocycles. The molecule has 3 aromatic rings. The molecule has 0 aliphatic carbocycles. The molecular formula is C23H24ClN3O4. The van der Waals surface area contributed by atoms with Gasteiger partial charge in [-0.3, -0.25) is 19.3 Å². The van der Waals surface area contributed by atoms with Crippen molar-refractivity contribution in [2.24, 2.45) is 0 Å². The molecule has 1 aliphatic heterocycles. The molecule has 7 nitrogen and oxygen atoms in total. The first-order valence-electron chi connectivity index (χ1n) is 9.88. The van der Waals surface area contributed by atoms with E-state index in [-0.39, 0.29) is 48.9 Å². The van der Waals surface area contributed by atoms with Crippen LogP contribution < -0.4 is 5.56 Å². The van der Waals surface area contributed by atoms with Crippen LogP contribution in [0.5, 0.6) is 0 Å². The maximum Gasteiger partial charge on any atom is 0.320 e. The second kappa shape index (κ2) is 8.99. The maximum absolute atomic E-state index is 13.3. The van der Waals surface area contributed by atoms with Crippen LogP contribution in [0.2, 0.25) is 0 Å². The van der Waals surface area contributed by atoms with Gasteiger partial charge in [0.1, 0.15) is 6.61 Å². The summed E-state index contributed by atoms with van der Waals surface area (Å²) in [6, 6.07) is 11.5. The minimum Gasteiger partial charge on any atom is -0.460 e. The summed E-state index contributed by atoms with van der Waals surface area (Å²) in [5.41, 5.74) is 3.31. The maximum atomic E-state index is 13.3. The number of ether oxygens (including phenoxy) is 1. The SMILES string of the molecule is CCC(=O)c1cc2n(c(=O)c1COC(=O)CN(C)C)Cc1cc3ccccc3nc1-2.Cl. The van der Waals surface area contributed by atoms with E-state index < -0.39 is 5.97 Å². The monoisotopic (exact) mass is 441 g/mol. The van der Waals surface area contributed by atoms with Crippen LogP contribution in [0.4, 0.5) is 0 Å². The fourth-order valence-electron chi connectivity index (χ4n) is 3.75. The van der Waals surface area contributed by atoms with Gasteiger partial charge in [0.25, 0.3) is 5.56 Å². The van der Waals surface area contributed by atoms with Gasteiger partial charge >= 0.3 is 5.97 Å². The van der Waals surface area contributed by atoms with Crippen LogP contribution in [0.25, 0.3) is 22.3 Å². The number of pyridine rings is 2. The molecule has 1 aliphatic rings. The molecule has 4 rings (SSSR count). The third-order valence-corrected chi connectivity index (χ3v) is 5.22. The summed E-state index contributed by atoms with van der Waals surface area (Å²) in [4.78, 5) is 44.3. The lowest BCUT2D eigenvalue weighted by Crippen LogP contribution is -2.29. The Morgan fingerprint density at radius 2 is 1.94 bits per heavy atom. The van der Waals surface area contributed by atoms with Crippen molar-refractivity contribution in [3.63, 3.8) is 0 Å². The Morgan fingerprint density at radius 3 is 2.65 bits per heavy atom. The molecule has 31 heavy (non-hydrogen) atoms. The van der Waals surface area contributed by atoms with Gasteiger partial charge in [-0.2, -0.15) is 0 Å². The van der Waals surface area contributed by atoms with E-state index in [1.54, 1.807) is 36.6 Å². The Balaban J connectivity index is 0.00000272. The highest BCUT2D eigenvalue weighted by Crippen LogP contribution is 2.32. The lowest BCUT2D eigenvalue weighted by Gasteiger charge is -2.14. The van der Waals surface area contributed by atoms with E-state index in [0.717, 1.165) is 16.5 Å². The average Bonchev–Trinajstić information content (AvgIpc) is 3.08. The van der Waals surface area contributed by atoms with E-state index >= 15 is 0 Å². The number of likely N-dealkylation sites (N-methyl/N-ethyl adjacent to an activating group) is 1. The molecule has 0 fully saturated rings. The number of aromatic nitrogens is 2. The van der Waals surface area contributed by atoms with Gasteiger partial charge in [-0.05, 0) is 32.3 Å². The summed E-state index contributed by atoms with van der Waals surface area (Å²) in [7, 11) is 3.51. The van der Waals surface area contributed by atoms with Crippen molar-refractivity contribution >= 4 is 35.1 Å². The van der Waals surface area contributed by atoms with Crippen molar-refractivity contribution in [3.05, 3.63) is 63.4 Å². The summed E-state index contributed by atoms with van der Waals surface area (Å²) in [5, 5.41) is 1.000. The van der Waals surface area contributed by atoms with Gasteiger partial charge in [0.05, 0.1) is 35.6 Å². The van der Waals surface area contributed by atoms with Gasteiger partial charge in [0, 0.05) is 22.9 Å². The zero-order valence-electron chi connectivity index (χ0n) is 17.7. The van der Waals surface area contributed by atoms with Crippen LogP contribution >= 0.6 is 12.4 Å². The molecule has 2 aromatic heterocycles. The first kappa shape index (κ1) is 22.7. The highest BCUT2D eigenvalue weighted by atomic mass is 35.5. The topological polar surface area (TPSA) is 81.5 Å². The second-order valence-corrected chi connectivity index (χ2v) is 7.68. The summed E-state index contributed by atoms with van der Waals surface area (Å²) in [6.45, 7) is 2.00. The molecule has 1 aromatic carbocycles. The number of halogens is 1. The Labute approximate surface area is 186 Å². The van der Waals surface area contributed by atoms with Gasteiger partial charge in [0.15, 0.2) is 5.78 Å². The van der Waals surface area contributed by atoms with E-state index in [0.29, 0.717) is 23.5 Å². The number of hydrogen-bond acceptors (Lipinski definition) is 6. The molecule has 0 amide bonds. The quantitative estimate of drug-likeness (QED) is 0.338. The van der Waals surface area contributed by atoms with E-state index in [2.05, 4.69) is 0 Å². The molecule has 0 atom stereocenters. The van der Waals surface area contributed by atoms with Crippen molar-refractivity contribution in [1.29, 1.82) is 0 Å². The third kappa shape index (κ3) is 4.24. The smallest absolute Gasteiger partial charge is 0.320 e. The summed E-state index contributed by atoms with van der Waals surface area (Å²) < 4.78 is 6.90. The number of ketones is 1. The normalized spacial score (nSPS) is 11.7. The molecule has 0 bridgehead atoms. The predicted molar refractivity (Wildman–Crippen MR) is 121 cm³/mol. The van der Waals surface area contributed by atoms with Crippen LogP contribution in [-0.4, -0.2) is 46.8 Å². The zero-order valence-corrected chi connectivity index (χ0v) is 18.5. The second-order valence-electron chi connectivity index (χ2n) is 7.68. The standard InChI is InChI=1S/C23H23N3O4.ClH/c1-4-20(27)16-10-19-22-15(9-14-7-5-6-8-18(14)24-22)11-26(19)23(29)17(16)13-30-21(28)12-25(2)3;/h5-10H,4,11-13H2,1-3H3;1H. The van der Waals surface area contributed by atoms with Gasteiger partial charge < -0.3 is 9.30 Å². The molecule has 162 valence electrons. The van der Waals surface area contributed by atoms with Crippen LogP contribution in [0.1, 0.15) is 34.8 Å². The Kier molecular flexibility index (Phi) is 6.57. The third-order valence-electron chi connectivity index (χ3n) is 5.22. The van der Waals surface area contributed by atoms with Crippen molar-refractivity contribution in [1.82, 2.24) is 14.5 Å². The fourth-order valence-corrected chi connectivity index (χ4v) is 3.75. The number of fused-ring (bicyclic) bond motifs is 4. The molecule has 0 radical (unpaired) electrons. The number of carbonyl (C=O) groups excluding carboxylic acids is 2. The summed E-state index contributed by atoms with van der Waals surface area (Å²) in [5.74, 6) is -0.612. The van der Waals surface area contributed by atoms with E-state index in [9.17, 15) is 14.4 Å². The lowest BCUT2D eigenvalue weighted by molar-refractivity contribution is -0.145. The molecule has 3 heterocycles. The first-order chi connectivity index (χ1) is 14.4. The number of benzene rings is 1. The minimum atomic E-state index is -0.448. The number of nitrogens with zero attached hydrogens (tertiary/aromatic N) is 3. The van der Waals surface area contributed by atoms with Crippen LogP contribution in [0, 0.1) is 0 Å². The summed E-state index contributed by atoms with van der Waals surface area (Å²) in [6.07, 6.45) is 0.250. The van der Waals surface area contributed by atoms with Crippen molar-refractivity contribution in [2.75, 3.05) is 20.6 Å². The van der Waals surface area contributed by atoms with Crippen LogP contribution in [0.3, 0.4) is 0 Å². The van der Waals surface area contributed by atoms with Crippen molar-refractivity contribution in [3.8, 4) is 11.4 Å². The number of carbonyl (C=O) groups is 2. The fraction of sp³-hybridized carbons (Fsp3) is 0.304. The van der Waals surface area contributed by atoms with Gasteiger partial charge in [-0.1, -0.05) is 25.1 Å². The van der Waals surface area contributed by atoms with Gasteiger partial charge in [-0.25, -0.2) is 4.98 Å². The molecule has 0 unspecified atom stereocenters. The predicted octanol–water partition coefficient (Wildman–Crippen LogP) is 3.04. The van der Waals surface area contributed by atoms with Crippen molar-refractivity contribution < 1.29 is 14.3 Å². The van der Waals surface area contributed by atoms with Crippen LogP contribution in [-0.2, 0) is 22.7 Å². The van der Waals surface area contributed by atoms with Crippen molar-refractivity contribution in [2.45, 2.75) is 26.5 Å². The van der Waals surface area contributed by atoms with E-state index in [4.69, 9.17) is 9.72 Å². The Hall–Kier alpha value is -3.03. The number of Topliss-reactive ketones (excluding diaryl/α,β-unsaturated/α-hetero) is 1. The number of hydrogen-bond donors (Lipinski definition) is 0. The van der Waals surface area contributed by atoms with Gasteiger partial charge in [0.2, 0.25) is 0 Å². The Morgan fingerprint density at radius 1 is 1.19 bits per heavy atom. The molecule has 0 spiro atoms. The number of para-hydroxylation sites is 1. The largest absolute Gasteiger partial charge is 0.460 e. The highest BCUT2D eigenvalue weighted by Gasteiger charge is 2.27. The molecule has 0 saturated heterocycles. The van der Waals surface area contributed by atoms with Crippen LogP contribution in [0.15, 0.2) is 41.2 Å². The van der Waals surface area contributed by atoms with E-state index in [1.165, 1.54) is 0 Å². The first-order valence-corrected chi connectivity index (χ1v) is 9.88. The average molecular weight is 442 g/mol. The summed E-state index contributed by atoms with van der Waals surface area (Å²) >= 11 is 0. The highest BCUT2D eigenvalue weighted by molar-refractivity contribution is 5.98. The zero-order chi connectivity index (χ0) is 21.4. The lowest BCUT2D eigenvalue weighted by atomic mass is 10.0. The van der Waals surface area contributed by atoms with E-state index in [1.807, 2.05) is 30.3 Å². The van der Waals surface area contributed by atoms with Gasteiger partial charge in [-0.15, -0.1) is 12.4 Å². The Bertz CT molecular complexity index is 1230. The molecular weight excluding hydrogens is 418 g/mol. The molecule has 8 heteroatoms. The number of rotatable bonds is 6. The minimum absolute atomic E-state index is 0. The number of esters is 1.